The molecule has 0 aliphatic carbocycles. The van der Waals surface area contributed by atoms with E-state index in [0.717, 1.165) is 22.2 Å². The average molecular weight is 290 g/mol. The standard InChI is InChI=1S/C15H13ClFN3/c1-9-2-5-14-13(6-9)19-15(18)20(14)8-10-3-4-12(17)11(16)7-10/h2-7H,8H2,1H3,(H2,18,19). The van der Waals surface area contributed by atoms with Gasteiger partial charge in [-0.2, -0.15) is 0 Å². The van der Waals surface area contributed by atoms with Crippen molar-refractivity contribution in [2.75, 3.05) is 5.73 Å². The number of aromatic nitrogens is 2. The predicted octanol–water partition coefficient (Wildman–Crippen LogP) is 3.77. The monoisotopic (exact) mass is 289 g/mol. The van der Waals surface area contributed by atoms with E-state index in [0.29, 0.717) is 12.5 Å². The van der Waals surface area contributed by atoms with E-state index in [9.17, 15) is 4.39 Å². The first-order chi connectivity index (χ1) is 9.54. The number of nitrogens with two attached hydrogens (primary N) is 1. The molecule has 0 fully saturated rings. The molecule has 0 saturated heterocycles. The molecular weight excluding hydrogens is 277 g/mol. The highest BCUT2D eigenvalue weighted by Crippen LogP contribution is 2.22. The van der Waals surface area contributed by atoms with Crippen molar-refractivity contribution in [3.8, 4) is 0 Å². The molecule has 1 heterocycles. The maximum Gasteiger partial charge on any atom is 0.201 e. The molecule has 0 radical (unpaired) electrons. The van der Waals surface area contributed by atoms with Gasteiger partial charge in [-0.05, 0) is 42.3 Å². The van der Waals surface area contributed by atoms with Gasteiger partial charge < -0.3 is 10.3 Å². The van der Waals surface area contributed by atoms with E-state index in [1.807, 2.05) is 29.7 Å². The smallest absolute Gasteiger partial charge is 0.201 e. The summed E-state index contributed by atoms with van der Waals surface area (Å²) >= 11 is 5.80. The SMILES string of the molecule is Cc1ccc2c(c1)nc(N)n2Cc1ccc(F)c(Cl)c1. The number of benzene rings is 2. The third-order valence-electron chi connectivity index (χ3n) is 3.26. The summed E-state index contributed by atoms with van der Waals surface area (Å²) in [6.07, 6.45) is 0. The zero-order chi connectivity index (χ0) is 14.3. The molecule has 0 aliphatic heterocycles. The fourth-order valence-corrected chi connectivity index (χ4v) is 2.45. The molecule has 1 aromatic heterocycles. The van der Waals surface area contributed by atoms with E-state index in [-0.39, 0.29) is 5.02 Å². The van der Waals surface area contributed by atoms with Crippen molar-refractivity contribution in [2.45, 2.75) is 13.5 Å². The van der Waals surface area contributed by atoms with E-state index in [1.54, 1.807) is 12.1 Å². The molecule has 3 aromatic rings. The Labute approximate surface area is 120 Å². The Hall–Kier alpha value is -2.07. The Morgan fingerprint density at radius 1 is 1.25 bits per heavy atom. The van der Waals surface area contributed by atoms with E-state index >= 15 is 0 Å². The number of rotatable bonds is 2. The number of nitrogens with zero attached hydrogens (tertiary/aromatic N) is 2. The van der Waals surface area contributed by atoms with E-state index in [1.165, 1.54) is 6.07 Å². The second-order valence-electron chi connectivity index (χ2n) is 4.80. The number of anilines is 1. The maximum atomic E-state index is 13.2. The topological polar surface area (TPSA) is 43.8 Å². The molecule has 2 N–H and O–H groups in total. The van der Waals surface area contributed by atoms with Gasteiger partial charge in [0.15, 0.2) is 0 Å². The van der Waals surface area contributed by atoms with Gasteiger partial charge in [0, 0.05) is 0 Å². The highest BCUT2D eigenvalue weighted by molar-refractivity contribution is 6.30. The van der Waals surface area contributed by atoms with Gasteiger partial charge in [-0.1, -0.05) is 23.7 Å². The zero-order valence-electron chi connectivity index (χ0n) is 10.9. The van der Waals surface area contributed by atoms with Gasteiger partial charge in [0.1, 0.15) is 5.82 Å². The number of imidazole rings is 1. The minimum absolute atomic E-state index is 0.112. The van der Waals surface area contributed by atoms with E-state index < -0.39 is 5.82 Å². The van der Waals surface area contributed by atoms with Crippen molar-refractivity contribution >= 4 is 28.6 Å². The third kappa shape index (κ3) is 2.23. The Morgan fingerprint density at radius 3 is 2.80 bits per heavy atom. The fraction of sp³-hybridized carbons (Fsp3) is 0.133. The molecule has 0 unspecified atom stereocenters. The Balaban J connectivity index is 2.05. The number of fused-ring (bicyclic) bond motifs is 1. The molecule has 5 heteroatoms. The molecule has 0 amide bonds. The van der Waals surface area contributed by atoms with E-state index in [4.69, 9.17) is 17.3 Å². The van der Waals surface area contributed by atoms with Crippen molar-refractivity contribution in [3.05, 3.63) is 58.4 Å². The van der Waals surface area contributed by atoms with Crippen LogP contribution in [-0.2, 0) is 6.54 Å². The van der Waals surface area contributed by atoms with Crippen molar-refractivity contribution in [1.29, 1.82) is 0 Å². The van der Waals surface area contributed by atoms with Gasteiger partial charge in [-0.15, -0.1) is 0 Å². The molecule has 102 valence electrons. The van der Waals surface area contributed by atoms with Crippen LogP contribution in [-0.4, -0.2) is 9.55 Å². The summed E-state index contributed by atoms with van der Waals surface area (Å²) in [7, 11) is 0. The third-order valence-corrected chi connectivity index (χ3v) is 3.55. The lowest BCUT2D eigenvalue weighted by Crippen LogP contribution is -2.04. The number of hydrogen-bond donors (Lipinski definition) is 1. The lowest BCUT2D eigenvalue weighted by Gasteiger charge is -2.07. The Bertz CT molecular complexity index is 795. The maximum absolute atomic E-state index is 13.2. The van der Waals surface area contributed by atoms with Crippen LogP contribution in [0.5, 0.6) is 0 Å². The van der Waals surface area contributed by atoms with Crippen molar-refractivity contribution in [2.24, 2.45) is 0 Å². The minimum Gasteiger partial charge on any atom is -0.369 e. The van der Waals surface area contributed by atoms with Crippen LogP contribution in [0.3, 0.4) is 0 Å². The van der Waals surface area contributed by atoms with Crippen LogP contribution in [0, 0.1) is 12.7 Å². The summed E-state index contributed by atoms with van der Waals surface area (Å²) in [6, 6.07) is 10.6. The molecule has 3 nitrogen and oxygen atoms in total. The second-order valence-corrected chi connectivity index (χ2v) is 5.20. The molecule has 0 bridgehead atoms. The van der Waals surface area contributed by atoms with Crippen LogP contribution in [0.4, 0.5) is 10.3 Å². The predicted molar refractivity (Wildman–Crippen MR) is 79.4 cm³/mol. The summed E-state index contributed by atoms with van der Waals surface area (Å²) in [4.78, 5) is 4.34. The molecule has 0 spiro atoms. The van der Waals surface area contributed by atoms with Gasteiger partial charge in [-0.3, -0.25) is 0 Å². The van der Waals surface area contributed by atoms with Gasteiger partial charge >= 0.3 is 0 Å². The molecular formula is C15H13ClFN3. The molecule has 3 rings (SSSR count). The Kier molecular flexibility index (Phi) is 3.10. The van der Waals surface area contributed by atoms with Crippen molar-refractivity contribution in [1.82, 2.24) is 9.55 Å². The van der Waals surface area contributed by atoms with Crippen molar-refractivity contribution < 1.29 is 4.39 Å². The second kappa shape index (κ2) is 4.80. The van der Waals surface area contributed by atoms with Crippen molar-refractivity contribution in [3.63, 3.8) is 0 Å². The molecule has 0 atom stereocenters. The lowest BCUT2D eigenvalue weighted by molar-refractivity contribution is 0.627. The highest BCUT2D eigenvalue weighted by atomic mass is 35.5. The molecule has 0 aliphatic rings. The largest absolute Gasteiger partial charge is 0.369 e. The first-order valence-corrected chi connectivity index (χ1v) is 6.58. The van der Waals surface area contributed by atoms with Crippen LogP contribution >= 0.6 is 11.6 Å². The van der Waals surface area contributed by atoms with Crippen LogP contribution in [0.1, 0.15) is 11.1 Å². The average Bonchev–Trinajstić information content (AvgIpc) is 2.69. The summed E-state index contributed by atoms with van der Waals surface area (Å²) in [6.45, 7) is 2.51. The quantitative estimate of drug-likeness (QED) is 0.780. The van der Waals surface area contributed by atoms with Crippen LogP contribution in [0.15, 0.2) is 36.4 Å². The normalized spacial score (nSPS) is 11.2. The van der Waals surface area contributed by atoms with Gasteiger partial charge in [0.2, 0.25) is 5.95 Å². The number of aryl methyl sites for hydroxylation is 1. The number of halogens is 2. The van der Waals surface area contributed by atoms with Gasteiger partial charge in [0.05, 0.1) is 22.6 Å². The van der Waals surface area contributed by atoms with E-state index in [2.05, 4.69) is 4.98 Å². The molecule has 0 saturated carbocycles. The lowest BCUT2D eigenvalue weighted by atomic mass is 10.2. The summed E-state index contributed by atoms with van der Waals surface area (Å²) in [5, 5.41) is 0.112. The highest BCUT2D eigenvalue weighted by Gasteiger charge is 2.09. The van der Waals surface area contributed by atoms with Crippen LogP contribution in [0.2, 0.25) is 5.02 Å². The molecule has 20 heavy (non-hydrogen) atoms. The zero-order valence-corrected chi connectivity index (χ0v) is 11.7. The first kappa shape index (κ1) is 12.9. The van der Waals surface area contributed by atoms with Gasteiger partial charge in [0.25, 0.3) is 0 Å². The van der Waals surface area contributed by atoms with Crippen LogP contribution in [0.25, 0.3) is 11.0 Å². The number of hydrogen-bond acceptors (Lipinski definition) is 2. The summed E-state index contributed by atoms with van der Waals surface area (Å²) < 4.78 is 15.1. The van der Waals surface area contributed by atoms with Crippen LogP contribution < -0.4 is 5.73 Å². The first-order valence-electron chi connectivity index (χ1n) is 6.21. The molecule has 2 aromatic carbocycles. The Morgan fingerprint density at radius 2 is 2.05 bits per heavy atom. The number of nitrogen functional groups attached to an aromatic ring is 1. The minimum atomic E-state index is -0.422. The van der Waals surface area contributed by atoms with Gasteiger partial charge in [-0.25, -0.2) is 9.37 Å². The summed E-state index contributed by atoms with van der Waals surface area (Å²) in [5.41, 5.74) is 9.78. The fourth-order valence-electron chi connectivity index (χ4n) is 2.25. The summed E-state index contributed by atoms with van der Waals surface area (Å²) in [5.74, 6) is 0.0144.